The molecule has 1 rings (SSSR count). The Kier molecular flexibility index (Phi) is 5.21. The SMILES string of the molecule is C=CC(=O)Oc1ccccc1C(C)(C)N.Cl. The van der Waals surface area contributed by atoms with Crippen LogP contribution in [0.15, 0.2) is 36.9 Å². The predicted molar refractivity (Wildman–Crippen MR) is 66.7 cm³/mol. The van der Waals surface area contributed by atoms with Gasteiger partial charge in [0.1, 0.15) is 5.75 Å². The van der Waals surface area contributed by atoms with Gasteiger partial charge in [0.15, 0.2) is 0 Å². The number of halogens is 1. The molecule has 0 saturated heterocycles. The van der Waals surface area contributed by atoms with E-state index in [2.05, 4.69) is 6.58 Å². The number of benzene rings is 1. The molecule has 2 N–H and O–H groups in total. The third-order valence-corrected chi connectivity index (χ3v) is 1.96. The molecule has 0 bridgehead atoms. The standard InChI is InChI=1S/C12H15NO2.ClH/c1-4-11(14)15-10-8-6-5-7-9(10)12(2,3)13;/h4-8H,1,13H2,2-3H3;1H. The highest BCUT2D eigenvalue weighted by molar-refractivity contribution is 5.85. The number of carbonyl (C=O) groups is 1. The summed E-state index contributed by atoms with van der Waals surface area (Å²) in [6, 6.07) is 7.20. The molecule has 0 fully saturated rings. The quantitative estimate of drug-likeness (QED) is 0.502. The van der Waals surface area contributed by atoms with Crippen molar-refractivity contribution in [3.8, 4) is 5.75 Å². The van der Waals surface area contributed by atoms with Crippen LogP contribution in [0.4, 0.5) is 0 Å². The molecule has 16 heavy (non-hydrogen) atoms. The Hall–Kier alpha value is -1.32. The van der Waals surface area contributed by atoms with E-state index in [0.29, 0.717) is 5.75 Å². The second-order valence-corrected chi connectivity index (χ2v) is 3.84. The molecule has 3 nitrogen and oxygen atoms in total. The Bertz CT molecular complexity index is 383. The van der Waals surface area contributed by atoms with Crippen molar-refractivity contribution in [2.24, 2.45) is 5.73 Å². The Morgan fingerprint density at radius 1 is 1.44 bits per heavy atom. The lowest BCUT2D eigenvalue weighted by molar-refractivity contribution is -0.129. The van der Waals surface area contributed by atoms with Gasteiger partial charge in [-0.2, -0.15) is 0 Å². The van der Waals surface area contributed by atoms with E-state index < -0.39 is 11.5 Å². The van der Waals surface area contributed by atoms with Crippen LogP contribution in [-0.2, 0) is 10.3 Å². The molecule has 0 aliphatic carbocycles. The van der Waals surface area contributed by atoms with E-state index in [1.807, 2.05) is 26.0 Å². The molecule has 0 aliphatic heterocycles. The lowest BCUT2D eigenvalue weighted by atomic mass is 9.95. The van der Waals surface area contributed by atoms with Crippen LogP contribution in [0.2, 0.25) is 0 Å². The van der Waals surface area contributed by atoms with Crippen LogP contribution < -0.4 is 10.5 Å². The molecular weight excluding hydrogens is 226 g/mol. The lowest BCUT2D eigenvalue weighted by Crippen LogP contribution is -2.29. The fraction of sp³-hybridized carbons (Fsp3) is 0.250. The maximum absolute atomic E-state index is 11.1. The van der Waals surface area contributed by atoms with Gasteiger partial charge in [0.25, 0.3) is 0 Å². The molecule has 1 aromatic carbocycles. The van der Waals surface area contributed by atoms with E-state index in [4.69, 9.17) is 10.5 Å². The van der Waals surface area contributed by atoms with Gasteiger partial charge >= 0.3 is 5.97 Å². The molecule has 88 valence electrons. The van der Waals surface area contributed by atoms with E-state index in [1.165, 1.54) is 0 Å². The maximum atomic E-state index is 11.1. The number of rotatable bonds is 3. The number of hydrogen-bond acceptors (Lipinski definition) is 3. The summed E-state index contributed by atoms with van der Waals surface area (Å²) >= 11 is 0. The average molecular weight is 242 g/mol. The van der Waals surface area contributed by atoms with Crippen molar-refractivity contribution >= 4 is 18.4 Å². The Balaban J connectivity index is 0.00000225. The van der Waals surface area contributed by atoms with Gasteiger partial charge in [0, 0.05) is 17.2 Å². The summed E-state index contributed by atoms with van der Waals surface area (Å²) in [6.07, 6.45) is 1.13. The fourth-order valence-corrected chi connectivity index (χ4v) is 1.24. The van der Waals surface area contributed by atoms with E-state index in [0.717, 1.165) is 11.6 Å². The van der Waals surface area contributed by atoms with E-state index in [-0.39, 0.29) is 12.4 Å². The second-order valence-electron chi connectivity index (χ2n) is 3.84. The van der Waals surface area contributed by atoms with Gasteiger partial charge in [-0.05, 0) is 19.9 Å². The predicted octanol–water partition coefficient (Wildman–Crippen LogP) is 2.39. The molecule has 0 spiro atoms. The molecular formula is C12H16ClNO2. The Labute approximate surface area is 102 Å². The smallest absolute Gasteiger partial charge is 0.335 e. The summed E-state index contributed by atoms with van der Waals surface area (Å²) in [7, 11) is 0. The molecule has 0 saturated carbocycles. The van der Waals surface area contributed by atoms with Crippen LogP contribution in [0, 0.1) is 0 Å². The van der Waals surface area contributed by atoms with Gasteiger partial charge in [0.05, 0.1) is 0 Å². The summed E-state index contributed by atoms with van der Waals surface area (Å²) in [5.74, 6) is 0.00148. The molecule has 0 aliphatic rings. The topological polar surface area (TPSA) is 52.3 Å². The molecule has 0 amide bonds. The van der Waals surface area contributed by atoms with Gasteiger partial charge < -0.3 is 10.5 Å². The third kappa shape index (κ3) is 3.68. The van der Waals surface area contributed by atoms with E-state index in [1.54, 1.807) is 12.1 Å². The normalized spacial score (nSPS) is 10.2. The minimum absolute atomic E-state index is 0. The number of carbonyl (C=O) groups excluding carboxylic acids is 1. The summed E-state index contributed by atoms with van der Waals surface area (Å²) in [5, 5.41) is 0. The van der Waals surface area contributed by atoms with Gasteiger partial charge in [-0.3, -0.25) is 0 Å². The number of hydrogen-bond donors (Lipinski definition) is 1. The van der Waals surface area contributed by atoms with Crippen molar-refractivity contribution in [3.63, 3.8) is 0 Å². The molecule has 1 aromatic rings. The van der Waals surface area contributed by atoms with E-state index >= 15 is 0 Å². The van der Waals surface area contributed by atoms with Crippen LogP contribution in [0.25, 0.3) is 0 Å². The first kappa shape index (κ1) is 14.7. The minimum Gasteiger partial charge on any atom is -0.423 e. The average Bonchev–Trinajstić information content (AvgIpc) is 2.17. The highest BCUT2D eigenvalue weighted by Gasteiger charge is 2.19. The number of esters is 1. The number of ether oxygens (including phenoxy) is 1. The van der Waals surface area contributed by atoms with Crippen molar-refractivity contribution in [1.82, 2.24) is 0 Å². The Morgan fingerprint density at radius 2 is 2.00 bits per heavy atom. The van der Waals surface area contributed by atoms with E-state index in [9.17, 15) is 4.79 Å². The zero-order chi connectivity index (χ0) is 11.5. The fourth-order valence-electron chi connectivity index (χ4n) is 1.24. The van der Waals surface area contributed by atoms with Gasteiger partial charge in [-0.15, -0.1) is 12.4 Å². The second kappa shape index (κ2) is 5.68. The number of para-hydroxylation sites is 1. The largest absolute Gasteiger partial charge is 0.423 e. The lowest BCUT2D eigenvalue weighted by Gasteiger charge is -2.21. The molecule has 0 radical (unpaired) electrons. The van der Waals surface area contributed by atoms with Gasteiger partial charge in [0.2, 0.25) is 0 Å². The third-order valence-electron chi connectivity index (χ3n) is 1.96. The van der Waals surface area contributed by atoms with Crippen LogP contribution in [0.1, 0.15) is 19.4 Å². The summed E-state index contributed by atoms with van der Waals surface area (Å²) in [4.78, 5) is 11.1. The summed E-state index contributed by atoms with van der Waals surface area (Å²) in [5.41, 5.74) is 6.21. The van der Waals surface area contributed by atoms with Gasteiger partial charge in [-0.25, -0.2) is 4.79 Å². The molecule has 4 heteroatoms. The van der Waals surface area contributed by atoms with Crippen molar-refractivity contribution in [2.45, 2.75) is 19.4 Å². The minimum atomic E-state index is -0.544. The van der Waals surface area contributed by atoms with Crippen molar-refractivity contribution < 1.29 is 9.53 Å². The zero-order valence-electron chi connectivity index (χ0n) is 9.40. The first-order valence-corrected chi connectivity index (χ1v) is 4.68. The van der Waals surface area contributed by atoms with Crippen LogP contribution in [0.5, 0.6) is 5.75 Å². The van der Waals surface area contributed by atoms with Crippen molar-refractivity contribution in [1.29, 1.82) is 0 Å². The summed E-state index contributed by atoms with van der Waals surface area (Å²) in [6.45, 7) is 7.05. The van der Waals surface area contributed by atoms with Crippen LogP contribution in [0.3, 0.4) is 0 Å². The molecule has 0 atom stereocenters. The van der Waals surface area contributed by atoms with Crippen molar-refractivity contribution in [3.05, 3.63) is 42.5 Å². The number of nitrogens with two attached hydrogens (primary N) is 1. The van der Waals surface area contributed by atoms with Crippen LogP contribution >= 0.6 is 12.4 Å². The van der Waals surface area contributed by atoms with Crippen molar-refractivity contribution in [2.75, 3.05) is 0 Å². The monoisotopic (exact) mass is 241 g/mol. The molecule has 0 aromatic heterocycles. The highest BCUT2D eigenvalue weighted by Crippen LogP contribution is 2.27. The zero-order valence-corrected chi connectivity index (χ0v) is 10.2. The highest BCUT2D eigenvalue weighted by atomic mass is 35.5. The Morgan fingerprint density at radius 3 is 2.50 bits per heavy atom. The first-order chi connectivity index (χ1) is 6.95. The molecule has 0 unspecified atom stereocenters. The first-order valence-electron chi connectivity index (χ1n) is 4.68. The van der Waals surface area contributed by atoms with Crippen LogP contribution in [-0.4, -0.2) is 5.97 Å². The molecule has 0 heterocycles. The summed E-state index contributed by atoms with van der Waals surface area (Å²) < 4.78 is 5.08. The maximum Gasteiger partial charge on any atom is 0.335 e. The van der Waals surface area contributed by atoms with Gasteiger partial charge in [-0.1, -0.05) is 24.8 Å².